The first-order valence-corrected chi connectivity index (χ1v) is 13.2. The van der Waals surface area contributed by atoms with Crippen molar-refractivity contribution in [3.8, 4) is 0 Å². The van der Waals surface area contributed by atoms with Crippen molar-refractivity contribution >= 4 is 34.4 Å². The molecule has 1 fully saturated rings. The third-order valence-electron chi connectivity index (χ3n) is 6.79. The van der Waals surface area contributed by atoms with Gasteiger partial charge in [0.15, 0.2) is 11.2 Å². The number of para-hydroxylation sites is 1. The van der Waals surface area contributed by atoms with Crippen molar-refractivity contribution in [3.63, 3.8) is 0 Å². The number of piperazine rings is 1. The Labute approximate surface area is 227 Å². The molecule has 0 spiro atoms. The van der Waals surface area contributed by atoms with Gasteiger partial charge in [0, 0.05) is 51.0 Å². The highest BCUT2D eigenvalue weighted by molar-refractivity contribution is 6.00. The lowest BCUT2D eigenvalue weighted by Gasteiger charge is -2.37. The summed E-state index contributed by atoms with van der Waals surface area (Å²) in [5, 5.41) is 5.95. The lowest BCUT2D eigenvalue weighted by Crippen LogP contribution is -2.51. The van der Waals surface area contributed by atoms with E-state index in [1.165, 1.54) is 0 Å². The Morgan fingerprint density at radius 3 is 2.41 bits per heavy atom. The fourth-order valence-corrected chi connectivity index (χ4v) is 4.52. The zero-order chi connectivity index (χ0) is 27.9. The van der Waals surface area contributed by atoms with Crippen molar-refractivity contribution in [2.24, 2.45) is 0 Å². The average molecular weight is 534 g/mol. The number of carbonyl (C=O) groups excluding carboxylic acids is 3. The lowest BCUT2D eigenvalue weighted by molar-refractivity contribution is -0.130. The summed E-state index contributed by atoms with van der Waals surface area (Å²) in [5.41, 5.74) is 2.47. The van der Waals surface area contributed by atoms with E-state index in [0.29, 0.717) is 49.3 Å². The molecule has 206 valence electrons. The van der Waals surface area contributed by atoms with Crippen molar-refractivity contribution < 1.29 is 18.8 Å². The van der Waals surface area contributed by atoms with E-state index in [2.05, 4.69) is 15.5 Å². The lowest BCUT2D eigenvalue weighted by atomic mass is 10.1. The molecule has 2 heterocycles. The van der Waals surface area contributed by atoms with Gasteiger partial charge in [0.1, 0.15) is 5.58 Å². The van der Waals surface area contributed by atoms with Crippen molar-refractivity contribution in [1.82, 2.24) is 20.4 Å². The molecular formula is C29H35N5O5. The van der Waals surface area contributed by atoms with E-state index in [1.807, 2.05) is 50.2 Å². The highest BCUT2D eigenvalue weighted by Crippen LogP contribution is 2.22. The minimum atomic E-state index is -0.616. The zero-order valence-corrected chi connectivity index (χ0v) is 22.7. The summed E-state index contributed by atoms with van der Waals surface area (Å²) in [6.07, 6.45) is 0.785. The molecule has 0 radical (unpaired) electrons. The van der Waals surface area contributed by atoms with E-state index in [0.717, 1.165) is 30.3 Å². The molecule has 3 amide bonds. The number of likely N-dealkylation sites (N-methyl/N-ethyl adjacent to an activating group) is 1. The fourth-order valence-electron chi connectivity index (χ4n) is 4.52. The van der Waals surface area contributed by atoms with Gasteiger partial charge < -0.3 is 29.8 Å². The molecule has 4 rings (SSSR count). The molecule has 0 unspecified atom stereocenters. The summed E-state index contributed by atoms with van der Waals surface area (Å²) in [4.78, 5) is 56.5. The molecule has 3 aromatic rings. The van der Waals surface area contributed by atoms with Gasteiger partial charge in [-0.2, -0.15) is 0 Å². The van der Waals surface area contributed by atoms with Gasteiger partial charge in [-0.15, -0.1) is 0 Å². The molecule has 10 heteroatoms. The quantitative estimate of drug-likeness (QED) is 0.430. The molecular weight excluding hydrogens is 498 g/mol. The van der Waals surface area contributed by atoms with Gasteiger partial charge >= 0.3 is 0 Å². The zero-order valence-electron chi connectivity index (χ0n) is 22.7. The summed E-state index contributed by atoms with van der Waals surface area (Å²) in [6, 6.07) is 13.9. The largest absolute Gasteiger partial charge is 0.451 e. The van der Waals surface area contributed by atoms with Crippen molar-refractivity contribution in [2.45, 2.75) is 13.3 Å². The molecule has 0 saturated carbocycles. The number of hydrogen-bond donors (Lipinski definition) is 2. The highest BCUT2D eigenvalue weighted by Gasteiger charge is 2.24. The minimum Gasteiger partial charge on any atom is -0.451 e. The summed E-state index contributed by atoms with van der Waals surface area (Å²) >= 11 is 0. The SMILES string of the molecule is CCc1ccc2oc(C(=O)NCC(=O)N3CCN(c4ccccc4C(=O)NCCN(C)C)CC3)cc(=O)c2c1. The van der Waals surface area contributed by atoms with Crippen LogP contribution in [0.5, 0.6) is 0 Å². The molecule has 0 bridgehead atoms. The minimum absolute atomic E-state index is 0.125. The van der Waals surface area contributed by atoms with Crippen LogP contribution < -0.4 is 21.0 Å². The van der Waals surface area contributed by atoms with Crippen LogP contribution in [0.15, 0.2) is 57.7 Å². The van der Waals surface area contributed by atoms with Crippen molar-refractivity contribution in [2.75, 3.05) is 64.8 Å². The Hall–Kier alpha value is -4.18. The first kappa shape index (κ1) is 27.8. The number of hydrogen-bond acceptors (Lipinski definition) is 7. The van der Waals surface area contributed by atoms with E-state index >= 15 is 0 Å². The molecule has 1 saturated heterocycles. The second-order valence-electron chi connectivity index (χ2n) is 9.79. The number of fused-ring (bicyclic) bond motifs is 1. The van der Waals surface area contributed by atoms with Gasteiger partial charge in [-0.25, -0.2) is 0 Å². The van der Waals surface area contributed by atoms with Gasteiger partial charge in [0.25, 0.3) is 11.8 Å². The second kappa shape index (κ2) is 12.6. The number of rotatable bonds is 9. The van der Waals surface area contributed by atoms with Gasteiger partial charge in [-0.1, -0.05) is 25.1 Å². The molecule has 1 aliphatic heterocycles. The smallest absolute Gasteiger partial charge is 0.287 e. The van der Waals surface area contributed by atoms with Crippen LogP contribution in [0.1, 0.15) is 33.4 Å². The predicted molar refractivity (Wildman–Crippen MR) is 150 cm³/mol. The summed E-state index contributed by atoms with van der Waals surface area (Å²) in [7, 11) is 3.91. The first-order valence-electron chi connectivity index (χ1n) is 13.2. The van der Waals surface area contributed by atoms with E-state index in [1.54, 1.807) is 23.1 Å². The molecule has 0 aliphatic carbocycles. The maximum absolute atomic E-state index is 12.8. The van der Waals surface area contributed by atoms with Gasteiger partial charge in [-0.05, 0) is 50.3 Å². The summed E-state index contributed by atoms with van der Waals surface area (Å²) in [6.45, 7) is 5.11. The monoisotopic (exact) mass is 533 g/mol. The van der Waals surface area contributed by atoms with E-state index < -0.39 is 5.91 Å². The number of aryl methyl sites for hydroxylation is 1. The van der Waals surface area contributed by atoms with Crippen LogP contribution in [0.3, 0.4) is 0 Å². The Balaban J connectivity index is 1.32. The topological polar surface area (TPSA) is 115 Å². The predicted octanol–water partition coefficient (Wildman–Crippen LogP) is 1.73. The maximum atomic E-state index is 12.8. The van der Waals surface area contributed by atoms with Crippen LogP contribution in [0.2, 0.25) is 0 Å². The van der Waals surface area contributed by atoms with E-state index in [4.69, 9.17) is 4.42 Å². The summed E-state index contributed by atoms with van der Waals surface area (Å²) in [5.74, 6) is -1.10. The van der Waals surface area contributed by atoms with Gasteiger partial charge in [0.2, 0.25) is 5.91 Å². The van der Waals surface area contributed by atoms with E-state index in [-0.39, 0.29) is 29.5 Å². The van der Waals surface area contributed by atoms with Crippen LogP contribution >= 0.6 is 0 Å². The number of amides is 3. The molecule has 10 nitrogen and oxygen atoms in total. The summed E-state index contributed by atoms with van der Waals surface area (Å²) < 4.78 is 5.63. The Bertz CT molecular complexity index is 1410. The Kier molecular flexibility index (Phi) is 8.98. The van der Waals surface area contributed by atoms with Crippen LogP contribution in [0, 0.1) is 0 Å². The third-order valence-corrected chi connectivity index (χ3v) is 6.79. The number of anilines is 1. The van der Waals surface area contributed by atoms with Gasteiger partial charge in [0.05, 0.1) is 17.5 Å². The molecule has 1 aromatic heterocycles. The number of nitrogens with zero attached hydrogens (tertiary/aromatic N) is 3. The standard InChI is InChI=1S/C29H35N5O5/c1-4-20-9-10-25-22(17-20)24(35)18-26(39-25)29(38)31-19-27(36)34-15-13-33(14-16-34)23-8-6-5-7-21(23)28(37)30-11-12-32(2)3/h5-10,17-18H,4,11-16,19H2,1-3H3,(H,30,37)(H,31,38). The molecule has 0 atom stereocenters. The normalized spacial score (nSPS) is 13.5. The fraction of sp³-hybridized carbons (Fsp3) is 0.379. The average Bonchev–Trinajstić information content (AvgIpc) is 2.95. The number of carbonyl (C=O) groups is 3. The van der Waals surface area contributed by atoms with Crippen LogP contribution in [0.4, 0.5) is 5.69 Å². The Morgan fingerprint density at radius 1 is 0.949 bits per heavy atom. The van der Waals surface area contributed by atoms with Crippen molar-refractivity contribution in [1.29, 1.82) is 0 Å². The van der Waals surface area contributed by atoms with Crippen LogP contribution in [-0.2, 0) is 11.2 Å². The molecule has 1 aliphatic rings. The number of benzene rings is 2. The highest BCUT2D eigenvalue weighted by atomic mass is 16.3. The van der Waals surface area contributed by atoms with Gasteiger partial charge in [-0.3, -0.25) is 19.2 Å². The van der Waals surface area contributed by atoms with Crippen molar-refractivity contribution in [3.05, 3.63) is 75.6 Å². The van der Waals surface area contributed by atoms with Crippen LogP contribution in [-0.4, -0.2) is 87.4 Å². The molecule has 2 N–H and O–H groups in total. The molecule has 2 aromatic carbocycles. The van der Waals surface area contributed by atoms with Crippen LogP contribution in [0.25, 0.3) is 11.0 Å². The first-order chi connectivity index (χ1) is 18.8. The third kappa shape index (κ3) is 6.83. The molecule has 39 heavy (non-hydrogen) atoms. The Morgan fingerprint density at radius 2 is 1.69 bits per heavy atom. The maximum Gasteiger partial charge on any atom is 0.287 e. The van der Waals surface area contributed by atoms with E-state index in [9.17, 15) is 19.2 Å². The number of nitrogens with one attached hydrogen (secondary N) is 2. The second-order valence-corrected chi connectivity index (χ2v) is 9.79.